The summed E-state index contributed by atoms with van der Waals surface area (Å²) in [5.41, 5.74) is 0.117. The lowest BCUT2D eigenvalue weighted by Gasteiger charge is -2.46. The average molecular weight is 558 g/mol. The topological polar surface area (TPSA) is 72.3 Å². The van der Waals surface area contributed by atoms with Gasteiger partial charge in [-0.25, -0.2) is 0 Å². The zero-order chi connectivity index (χ0) is 28.3. The van der Waals surface area contributed by atoms with Crippen molar-refractivity contribution in [2.75, 3.05) is 25.2 Å². The molecule has 0 atom stereocenters. The molecular weight excluding hydrogens is 526 g/mol. The minimum Gasteiger partial charge on any atom is -0.381 e. The number of methoxy groups -OCH3 is 1. The lowest BCUT2D eigenvalue weighted by molar-refractivity contribution is -0.138. The third-order valence-electron chi connectivity index (χ3n) is 8.81. The molecule has 2 heterocycles. The first-order valence-electron chi connectivity index (χ1n) is 13.4. The summed E-state index contributed by atoms with van der Waals surface area (Å²) < 4.78 is 63.1. The number of hydrogen-bond acceptors (Lipinski definition) is 5. The van der Waals surface area contributed by atoms with Crippen LogP contribution in [0.15, 0.2) is 42.7 Å². The summed E-state index contributed by atoms with van der Waals surface area (Å²) >= 11 is 0. The monoisotopic (exact) mass is 557 g/mol. The Morgan fingerprint density at radius 2 is 1.95 bits per heavy atom. The van der Waals surface area contributed by atoms with Gasteiger partial charge in [-0.15, -0.1) is 10.2 Å². The zero-order valence-electron chi connectivity index (χ0n) is 22.4. The van der Waals surface area contributed by atoms with Crippen LogP contribution in [0.3, 0.4) is 0 Å². The first-order valence-corrected chi connectivity index (χ1v) is 13.4. The highest BCUT2D eigenvalue weighted by atomic mass is 19.4. The Hall–Kier alpha value is -3.31. The maximum atomic E-state index is 14.2. The normalized spacial score (nSPS) is 23.3. The Balaban J connectivity index is 1.31. The molecule has 7 nitrogen and oxygen atoms in total. The van der Waals surface area contributed by atoms with E-state index in [1.54, 1.807) is 19.5 Å². The van der Waals surface area contributed by atoms with Crippen molar-refractivity contribution in [2.45, 2.75) is 56.5 Å². The first-order chi connectivity index (χ1) is 19.1. The van der Waals surface area contributed by atoms with E-state index < -0.39 is 35.2 Å². The summed E-state index contributed by atoms with van der Waals surface area (Å²) in [6, 6.07) is 10.0. The van der Waals surface area contributed by atoms with Crippen molar-refractivity contribution in [3.05, 3.63) is 76.4 Å². The summed E-state index contributed by atoms with van der Waals surface area (Å²) in [5, 5.41) is 11.5. The third-order valence-corrected chi connectivity index (χ3v) is 8.81. The maximum absolute atomic E-state index is 14.2. The van der Waals surface area contributed by atoms with Crippen molar-refractivity contribution in [3.8, 4) is 0 Å². The largest absolute Gasteiger partial charge is 0.416 e. The number of fused-ring (bicyclic) bond motifs is 1. The number of amides is 1. The van der Waals surface area contributed by atoms with Crippen molar-refractivity contribution in [3.63, 3.8) is 0 Å². The van der Waals surface area contributed by atoms with Gasteiger partial charge in [-0.3, -0.25) is 9.18 Å². The molecule has 1 aliphatic heterocycles. The van der Waals surface area contributed by atoms with Crippen LogP contribution in [0.4, 0.5) is 23.2 Å². The summed E-state index contributed by atoms with van der Waals surface area (Å²) in [5.74, 6) is 0.296. The van der Waals surface area contributed by atoms with E-state index in [1.165, 1.54) is 11.0 Å². The minimum absolute atomic E-state index is 0.0276. The maximum Gasteiger partial charge on any atom is 0.416 e. The van der Waals surface area contributed by atoms with E-state index in [9.17, 15) is 22.4 Å². The highest BCUT2D eigenvalue weighted by Gasteiger charge is 2.50. The molecule has 40 heavy (non-hydrogen) atoms. The molecule has 1 N–H and O–H groups in total. The molecule has 2 saturated carbocycles. The number of alkyl halides is 4. The molecule has 11 heteroatoms. The molecule has 1 amide bonds. The van der Waals surface area contributed by atoms with E-state index in [1.807, 2.05) is 29.8 Å². The Labute approximate surface area is 229 Å². The predicted octanol–water partition coefficient (Wildman–Crippen LogP) is 4.93. The second-order valence-electron chi connectivity index (χ2n) is 11.5. The molecule has 1 aromatic heterocycles. The Morgan fingerprint density at radius 3 is 2.58 bits per heavy atom. The minimum atomic E-state index is -4.62. The molecule has 0 saturated heterocycles. The van der Waals surface area contributed by atoms with Crippen LogP contribution in [0, 0.1) is 5.41 Å². The Kier molecular flexibility index (Phi) is 6.49. The number of aromatic nitrogens is 3. The van der Waals surface area contributed by atoms with Gasteiger partial charge in [0.1, 0.15) is 12.2 Å². The molecule has 0 radical (unpaired) electrons. The number of rotatable bonds is 9. The highest BCUT2D eigenvalue weighted by Crippen LogP contribution is 2.50. The van der Waals surface area contributed by atoms with E-state index in [0.717, 1.165) is 30.3 Å². The summed E-state index contributed by atoms with van der Waals surface area (Å²) in [7, 11) is 3.53. The molecule has 2 fully saturated rings. The number of halogens is 4. The Bertz CT molecular complexity index is 1440. The van der Waals surface area contributed by atoms with E-state index in [4.69, 9.17) is 4.74 Å². The number of aryl methyl sites for hydroxylation is 1. The van der Waals surface area contributed by atoms with Gasteiger partial charge in [0.05, 0.1) is 30.3 Å². The van der Waals surface area contributed by atoms with Crippen LogP contribution in [-0.4, -0.2) is 47.1 Å². The molecule has 3 aliphatic rings. The fourth-order valence-electron chi connectivity index (χ4n) is 6.16. The molecule has 6 rings (SSSR count). The van der Waals surface area contributed by atoms with E-state index in [2.05, 4.69) is 15.5 Å². The summed E-state index contributed by atoms with van der Waals surface area (Å²) in [6.07, 6.45) is -0.0622. The average Bonchev–Trinajstić information content (AvgIpc) is 3.44. The van der Waals surface area contributed by atoms with Gasteiger partial charge in [0.15, 0.2) is 0 Å². The Morgan fingerprint density at radius 1 is 1.18 bits per heavy atom. The highest BCUT2D eigenvalue weighted by molar-refractivity contribution is 6.10. The number of nitrogens with zero attached hydrogens (tertiary/aromatic N) is 4. The van der Waals surface area contributed by atoms with Crippen molar-refractivity contribution in [1.29, 1.82) is 0 Å². The molecule has 212 valence electrons. The van der Waals surface area contributed by atoms with Gasteiger partial charge in [-0.2, -0.15) is 13.2 Å². The fourth-order valence-corrected chi connectivity index (χ4v) is 6.16. The van der Waals surface area contributed by atoms with Crippen molar-refractivity contribution >= 4 is 11.6 Å². The van der Waals surface area contributed by atoms with Crippen LogP contribution in [0.1, 0.15) is 64.1 Å². The number of nitrogens with one attached hydrogen (secondary N) is 1. The van der Waals surface area contributed by atoms with Gasteiger partial charge in [0.25, 0.3) is 5.91 Å². The van der Waals surface area contributed by atoms with Crippen LogP contribution >= 0.6 is 0 Å². The van der Waals surface area contributed by atoms with Gasteiger partial charge >= 0.3 is 6.18 Å². The SMILES string of the molecule is CO[C@H]1C[C@](c2cccc(N3Cc4c(cc(CNCC5(CF)CC5)cc4C(F)(F)F)C3=O)c2)(c2nncn2C)C1. The molecule has 0 bridgehead atoms. The van der Waals surface area contributed by atoms with Crippen molar-refractivity contribution in [2.24, 2.45) is 12.5 Å². The number of anilines is 1. The molecule has 0 spiro atoms. The first kappa shape index (κ1) is 26.9. The van der Waals surface area contributed by atoms with Crippen molar-refractivity contribution in [1.82, 2.24) is 20.1 Å². The second kappa shape index (κ2) is 9.66. The molecule has 2 aromatic carbocycles. The number of ether oxygens (including phenoxy) is 1. The van der Waals surface area contributed by atoms with E-state index in [0.29, 0.717) is 30.6 Å². The molecular formula is C29H31F4N5O2. The van der Waals surface area contributed by atoms with Crippen LogP contribution < -0.4 is 10.2 Å². The number of carbonyl (C=O) groups excluding carboxylic acids is 1. The molecule has 2 aliphatic carbocycles. The predicted molar refractivity (Wildman–Crippen MR) is 140 cm³/mol. The van der Waals surface area contributed by atoms with Gasteiger partial charge < -0.3 is 19.5 Å². The van der Waals surface area contributed by atoms with Gasteiger partial charge in [0, 0.05) is 43.9 Å². The van der Waals surface area contributed by atoms with Gasteiger partial charge in [0.2, 0.25) is 0 Å². The summed E-state index contributed by atoms with van der Waals surface area (Å²) in [4.78, 5) is 15.0. The van der Waals surface area contributed by atoms with E-state index >= 15 is 0 Å². The van der Waals surface area contributed by atoms with E-state index in [-0.39, 0.29) is 30.3 Å². The lowest BCUT2D eigenvalue weighted by Crippen LogP contribution is -2.48. The zero-order valence-corrected chi connectivity index (χ0v) is 22.4. The van der Waals surface area contributed by atoms with Gasteiger partial charge in [-0.1, -0.05) is 12.1 Å². The fraction of sp³-hybridized carbons (Fsp3) is 0.483. The molecule has 3 aromatic rings. The number of benzene rings is 2. The standard InChI is InChI=1S/C29H31F4N5O2/c1-37-17-35-36-26(37)28(11-21(12-28)40-2)19-4-3-5-20(10-19)38-14-23-22(25(38)39)8-18(9-24(23)29(31,32)33)13-34-16-27(15-30)6-7-27/h3-5,8-10,17,21,34H,6-7,11-16H2,1-2H3/t21-,28-. The quantitative estimate of drug-likeness (QED) is 0.378. The van der Waals surface area contributed by atoms with Crippen LogP contribution in [0.25, 0.3) is 0 Å². The molecule has 0 unspecified atom stereocenters. The van der Waals surface area contributed by atoms with Crippen molar-refractivity contribution < 1.29 is 27.1 Å². The number of carbonyl (C=O) groups is 1. The smallest absolute Gasteiger partial charge is 0.381 e. The number of hydrogen-bond donors (Lipinski definition) is 1. The summed E-state index contributed by atoms with van der Waals surface area (Å²) in [6.45, 7) is -0.106. The van der Waals surface area contributed by atoms with Crippen LogP contribution in [0.5, 0.6) is 0 Å². The third kappa shape index (κ3) is 4.49. The van der Waals surface area contributed by atoms with Crippen LogP contribution in [-0.2, 0) is 36.5 Å². The lowest BCUT2D eigenvalue weighted by atomic mass is 9.62. The van der Waals surface area contributed by atoms with Crippen LogP contribution in [0.2, 0.25) is 0 Å². The second-order valence-corrected chi connectivity index (χ2v) is 11.5. The van der Waals surface area contributed by atoms with Gasteiger partial charge in [-0.05, 0) is 66.6 Å².